The predicted molar refractivity (Wildman–Crippen MR) is 101 cm³/mol. The van der Waals surface area contributed by atoms with Gasteiger partial charge >= 0.3 is 0 Å². The van der Waals surface area contributed by atoms with Gasteiger partial charge in [-0.05, 0) is 48.4 Å². The number of nitrogens with one attached hydrogen (secondary N) is 2. The molecule has 0 saturated carbocycles. The molecule has 2 amide bonds. The minimum absolute atomic E-state index is 0.106. The van der Waals surface area contributed by atoms with Gasteiger partial charge in [0.05, 0.1) is 11.4 Å². The first-order valence-corrected chi connectivity index (χ1v) is 10.2. The molecule has 1 saturated heterocycles. The predicted octanol–water partition coefficient (Wildman–Crippen LogP) is 1.55. The van der Waals surface area contributed by atoms with E-state index in [9.17, 15) is 22.4 Å². The standard InChI is InChI=1S/C19H20FN3O4S/c20-15-5-9-17(10-6-15)28(26,27)22-13-18(24)21-12-14-3-7-16(8-4-14)23-11-1-2-19(23)25/h3-10,22H,1-2,11-13H2,(H,21,24). The molecule has 0 aliphatic carbocycles. The zero-order valence-electron chi connectivity index (χ0n) is 15.0. The third-order valence-electron chi connectivity index (χ3n) is 4.36. The minimum atomic E-state index is -3.89. The lowest BCUT2D eigenvalue weighted by molar-refractivity contribution is -0.120. The van der Waals surface area contributed by atoms with Crippen molar-refractivity contribution in [1.82, 2.24) is 10.0 Å². The molecule has 148 valence electrons. The third-order valence-corrected chi connectivity index (χ3v) is 5.77. The average molecular weight is 405 g/mol. The van der Waals surface area contributed by atoms with Crippen molar-refractivity contribution in [2.75, 3.05) is 18.0 Å². The molecule has 9 heteroatoms. The van der Waals surface area contributed by atoms with Crippen LogP contribution in [0.5, 0.6) is 0 Å². The second kappa shape index (κ2) is 8.49. The Hall–Kier alpha value is -2.78. The summed E-state index contributed by atoms with van der Waals surface area (Å²) in [6, 6.07) is 11.6. The molecule has 1 aliphatic heterocycles. The molecule has 0 atom stereocenters. The Labute approximate surface area is 162 Å². The van der Waals surface area contributed by atoms with E-state index in [1.165, 1.54) is 0 Å². The molecule has 0 spiro atoms. The molecule has 0 aromatic heterocycles. The van der Waals surface area contributed by atoms with E-state index in [2.05, 4.69) is 10.0 Å². The van der Waals surface area contributed by atoms with Gasteiger partial charge in [0.15, 0.2) is 0 Å². The largest absolute Gasteiger partial charge is 0.351 e. The van der Waals surface area contributed by atoms with Gasteiger partial charge in [-0.15, -0.1) is 0 Å². The maximum absolute atomic E-state index is 12.9. The Morgan fingerprint density at radius 2 is 1.75 bits per heavy atom. The zero-order chi connectivity index (χ0) is 20.1. The van der Waals surface area contributed by atoms with E-state index in [1.807, 2.05) is 24.3 Å². The number of carbonyl (C=O) groups is 2. The summed E-state index contributed by atoms with van der Waals surface area (Å²) in [5.41, 5.74) is 1.65. The fourth-order valence-corrected chi connectivity index (χ4v) is 3.82. The van der Waals surface area contributed by atoms with Gasteiger partial charge in [-0.25, -0.2) is 17.5 Å². The number of anilines is 1. The lowest BCUT2D eigenvalue weighted by atomic mass is 10.2. The number of carbonyl (C=O) groups excluding carboxylic acids is 2. The van der Waals surface area contributed by atoms with E-state index in [0.29, 0.717) is 13.0 Å². The van der Waals surface area contributed by atoms with Crippen LogP contribution in [0.4, 0.5) is 10.1 Å². The number of hydrogen-bond donors (Lipinski definition) is 2. The van der Waals surface area contributed by atoms with Crippen molar-refractivity contribution in [1.29, 1.82) is 0 Å². The summed E-state index contributed by atoms with van der Waals surface area (Å²) in [5.74, 6) is -0.934. The van der Waals surface area contributed by atoms with Gasteiger partial charge in [0.2, 0.25) is 21.8 Å². The second-order valence-electron chi connectivity index (χ2n) is 6.37. The van der Waals surface area contributed by atoms with Crippen LogP contribution >= 0.6 is 0 Å². The van der Waals surface area contributed by atoms with E-state index in [0.717, 1.165) is 41.9 Å². The first-order valence-electron chi connectivity index (χ1n) is 8.76. The Kier molecular flexibility index (Phi) is 6.05. The monoisotopic (exact) mass is 405 g/mol. The van der Waals surface area contributed by atoms with Gasteiger partial charge in [0.1, 0.15) is 5.82 Å². The second-order valence-corrected chi connectivity index (χ2v) is 8.14. The van der Waals surface area contributed by atoms with E-state index < -0.39 is 28.3 Å². The van der Waals surface area contributed by atoms with E-state index in [-0.39, 0.29) is 17.3 Å². The van der Waals surface area contributed by atoms with Gasteiger partial charge in [0, 0.05) is 25.2 Å². The van der Waals surface area contributed by atoms with Crippen molar-refractivity contribution in [3.8, 4) is 0 Å². The molecule has 1 fully saturated rings. The Bertz CT molecular complexity index is 960. The number of sulfonamides is 1. The van der Waals surface area contributed by atoms with E-state index in [1.54, 1.807) is 4.90 Å². The molecule has 1 heterocycles. The first kappa shape index (κ1) is 20.0. The van der Waals surface area contributed by atoms with Crippen LogP contribution in [0.2, 0.25) is 0 Å². The van der Waals surface area contributed by atoms with Crippen LogP contribution in [0, 0.1) is 5.82 Å². The summed E-state index contributed by atoms with van der Waals surface area (Å²) in [7, 11) is -3.89. The van der Waals surface area contributed by atoms with Gasteiger partial charge in [0.25, 0.3) is 0 Å². The number of amides is 2. The molecule has 0 radical (unpaired) electrons. The van der Waals surface area contributed by atoms with E-state index >= 15 is 0 Å². The van der Waals surface area contributed by atoms with Crippen molar-refractivity contribution in [2.45, 2.75) is 24.3 Å². The Morgan fingerprint density at radius 3 is 2.36 bits per heavy atom. The summed E-state index contributed by atoms with van der Waals surface area (Å²) in [4.78, 5) is 25.3. The Morgan fingerprint density at radius 1 is 1.07 bits per heavy atom. The van der Waals surface area contributed by atoms with Crippen LogP contribution in [0.1, 0.15) is 18.4 Å². The number of benzene rings is 2. The summed E-state index contributed by atoms with van der Waals surface area (Å²) in [5, 5.41) is 2.62. The average Bonchev–Trinajstić information content (AvgIpc) is 3.11. The maximum Gasteiger partial charge on any atom is 0.241 e. The molecule has 3 rings (SSSR count). The van der Waals surface area contributed by atoms with E-state index in [4.69, 9.17) is 0 Å². The third kappa shape index (κ3) is 4.93. The smallest absolute Gasteiger partial charge is 0.241 e. The van der Waals surface area contributed by atoms with Gasteiger partial charge in [-0.2, -0.15) is 0 Å². The molecule has 2 aromatic carbocycles. The number of nitrogens with zero attached hydrogens (tertiary/aromatic N) is 1. The van der Waals surface area contributed by atoms with Gasteiger partial charge < -0.3 is 10.2 Å². The zero-order valence-corrected chi connectivity index (χ0v) is 15.8. The van der Waals surface area contributed by atoms with Crippen LogP contribution in [0.3, 0.4) is 0 Å². The van der Waals surface area contributed by atoms with Crippen molar-refractivity contribution < 1.29 is 22.4 Å². The molecule has 2 N–H and O–H groups in total. The minimum Gasteiger partial charge on any atom is -0.351 e. The van der Waals surface area contributed by atoms with Gasteiger partial charge in [-0.1, -0.05) is 12.1 Å². The lowest BCUT2D eigenvalue weighted by Gasteiger charge is -2.16. The fourth-order valence-electron chi connectivity index (χ4n) is 2.84. The van der Waals surface area contributed by atoms with Crippen LogP contribution < -0.4 is 14.9 Å². The van der Waals surface area contributed by atoms with Crippen molar-refractivity contribution in [3.63, 3.8) is 0 Å². The van der Waals surface area contributed by atoms with Crippen molar-refractivity contribution in [2.24, 2.45) is 0 Å². The molecule has 0 unspecified atom stereocenters. The highest BCUT2D eigenvalue weighted by atomic mass is 32.2. The summed E-state index contributed by atoms with van der Waals surface area (Å²) in [6.45, 7) is 0.508. The number of hydrogen-bond acceptors (Lipinski definition) is 4. The quantitative estimate of drug-likeness (QED) is 0.731. The number of rotatable bonds is 7. The molecule has 1 aliphatic rings. The van der Waals surface area contributed by atoms with Gasteiger partial charge in [-0.3, -0.25) is 9.59 Å². The van der Waals surface area contributed by atoms with Crippen LogP contribution in [0.15, 0.2) is 53.4 Å². The lowest BCUT2D eigenvalue weighted by Crippen LogP contribution is -2.36. The molecule has 7 nitrogen and oxygen atoms in total. The summed E-state index contributed by atoms with van der Waals surface area (Å²) < 4.78 is 39.2. The highest BCUT2D eigenvalue weighted by Gasteiger charge is 2.21. The van der Waals surface area contributed by atoms with Crippen LogP contribution in [-0.4, -0.2) is 33.3 Å². The van der Waals surface area contributed by atoms with Crippen molar-refractivity contribution in [3.05, 3.63) is 59.9 Å². The summed E-state index contributed by atoms with van der Waals surface area (Å²) >= 11 is 0. The highest BCUT2D eigenvalue weighted by Crippen LogP contribution is 2.21. The summed E-state index contributed by atoms with van der Waals surface area (Å²) in [6.07, 6.45) is 1.41. The maximum atomic E-state index is 12.9. The Balaban J connectivity index is 1.49. The van der Waals surface area contributed by atoms with Crippen LogP contribution in [-0.2, 0) is 26.2 Å². The molecule has 2 aromatic rings. The molecule has 0 bridgehead atoms. The first-order chi connectivity index (χ1) is 13.3. The SMILES string of the molecule is O=C(CNS(=O)(=O)c1ccc(F)cc1)NCc1ccc(N2CCCC2=O)cc1. The van der Waals surface area contributed by atoms with Crippen molar-refractivity contribution >= 4 is 27.5 Å². The molecular weight excluding hydrogens is 385 g/mol. The molecule has 28 heavy (non-hydrogen) atoms. The topological polar surface area (TPSA) is 95.6 Å². The van der Waals surface area contributed by atoms with Crippen LogP contribution in [0.25, 0.3) is 0 Å². The fraction of sp³-hybridized carbons (Fsp3) is 0.263. The normalized spacial score (nSPS) is 14.3. The highest BCUT2D eigenvalue weighted by molar-refractivity contribution is 7.89. The molecular formula is C19H20FN3O4S. The number of halogens is 1.